The average molecular weight is 388 g/mol. The molecule has 0 aliphatic carbocycles. The minimum Gasteiger partial charge on any atom is -0.454 e. The number of carbonyl (C=O) groups excluding carboxylic acids is 2. The maximum absolute atomic E-state index is 12.3. The van der Waals surface area contributed by atoms with E-state index in [0.717, 1.165) is 35.7 Å². The van der Waals surface area contributed by atoms with Crippen LogP contribution >= 0.6 is 11.3 Å². The van der Waals surface area contributed by atoms with Gasteiger partial charge in [-0.3, -0.25) is 14.9 Å². The first-order valence-electron chi connectivity index (χ1n) is 8.67. The predicted molar refractivity (Wildman–Crippen MR) is 103 cm³/mol. The summed E-state index contributed by atoms with van der Waals surface area (Å²) in [5, 5.41) is 11.4. The zero-order chi connectivity index (χ0) is 19.6. The molecule has 8 heteroatoms. The van der Waals surface area contributed by atoms with Gasteiger partial charge < -0.3 is 9.64 Å². The molecule has 1 aromatic heterocycles. The zero-order valence-corrected chi connectivity index (χ0v) is 16.0. The number of ketones is 1. The second kappa shape index (κ2) is 7.87. The van der Waals surface area contributed by atoms with Crippen LogP contribution in [-0.4, -0.2) is 36.4 Å². The number of ether oxygens (including phenoxy) is 1. The Hall–Kier alpha value is -2.74. The summed E-state index contributed by atoms with van der Waals surface area (Å²) in [5.41, 5.74) is 0.993. The Bertz CT molecular complexity index is 900. The van der Waals surface area contributed by atoms with E-state index in [4.69, 9.17) is 4.74 Å². The van der Waals surface area contributed by atoms with E-state index in [1.54, 1.807) is 12.1 Å². The molecular formula is C19H20N2O5S. The third-order valence-electron chi connectivity index (χ3n) is 4.53. The number of nitrogens with zero attached hydrogens (tertiary/aromatic N) is 2. The molecule has 27 heavy (non-hydrogen) atoms. The summed E-state index contributed by atoms with van der Waals surface area (Å²) in [4.78, 5) is 39.3. The van der Waals surface area contributed by atoms with Gasteiger partial charge in [-0.05, 0) is 44.9 Å². The highest BCUT2D eigenvalue weighted by Gasteiger charge is 2.24. The summed E-state index contributed by atoms with van der Waals surface area (Å²) in [5.74, 6) is -1.03. The van der Waals surface area contributed by atoms with Crippen LogP contribution in [0, 0.1) is 24.0 Å². The molecule has 0 saturated carbocycles. The van der Waals surface area contributed by atoms with Crippen LogP contribution in [0.15, 0.2) is 24.3 Å². The predicted octanol–water partition coefficient (Wildman–Crippen LogP) is 3.91. The van der Waals surface area contributed by atoms with Gasteiger partial charge in [-0.2, -0.15) is 0 Å². The van der Waals surface area contributed by atoms with Gasteiger partial charge in [0.15, 0.2) is 6.61 Å². The van der Waals surface area contributed by atoms with E-state index in [0.29, 0.717) is 11.3 Å². The molecule has 0 spiro atoms. The second-order valence-electron chi connectivity index (χ2n) is 6.48. The van der Waals surface area contributed by atoms with Gasteiger partial charge in [0, 0.05) is 34.5 Å². The number of nitro benzene ring substituents is 1. The lowest BCUT2D eigenvalue weighted by atomic mass is 10.1. The highest BCUT2D eigenvalue weighted by Crippen LogP contribution is 2.32. The second-order valence-corrected chi connectivity index (χ2v) is 7.94. The number of esters is 1. The summed E-state index contributed by atoms with van der Waals surface area (Å²) in [6.07, 6.45) is 1.98. The van der Waals surface area contributed by atoms with Crippen molar-refractivity contribution in [2.75, 3.05) is 24.6 Å². The van der Waals surface area contributed by atoms with Crippen molar-refractivity contribution in [2.45, 2.75) is 26.7 Å². The van der Waals surface area contributed by atoms with Crippen molar-refractivity contribution in [3.05, 3.63) is 55.3 Å². The monoisotopic (exact) mass is 388 g/mol. The average Bonchev–Trinajstić information content (AvgIpc) is 3.28. The molecule has 0 radical (unpaired) electrons. The van der Waals surface area contributed by atoms with Crippen molar-refractivity contribution in [3.8, 4) is 0 Å². The standard InChI is InChI=1S/C19H20N2O5S/c1-12-9-15(13(2)27-12)18(22)11-26-19(23)14-5-6-16(17(10-14)21(24)25)20-7-3-4-8-20/h5-6,9-10H,3-4,7-8,11H2,1-2H3. The molecule has 1 aliphatic rings. The number of rotatable bonds is 6. The Kier molecular flexibility index (Phi) is 5.55. The normalized spacial score (nSPS) is 13.6. The number of hydrogen-bond acceptors (Lipinski definition) is 7. The Balaban J connectivity index is 1.72. The molecular weight excluding hydrogens is 368 g/mol. The number of thiophene rings is 1. The molecule has 0 N–H and O–H groups in total. The first-order chi connectivity index (χ1) is 12.9. The molecule has 0 unspecified atom stereocenters. The van der Waals surface area contributed by atoms with E-state index in [9.17, 15) is 19.7 Å². The number of aryl methyl sites for hydroxylation is 2. The summed E-state index contributed by atoms with van der Waals surface area (Å²) in [7, 11) is 0. The van der Waals surface area contributed by atoms with Gasteiger partial charge in [-0.25, -0.2) is 4.79 Å². The Morgan fingerprint density at radius 1 is 1.22 bits per heavy atom. The van der Waals surface area contributed by atoms with Crippen LogP contribution in [0.25, 0.3) is 0 Å². The molecule has 2 heterocycles. The van der Waals surface area contributed by atoms with E-state index in [1.807, 2.05) is 18.7 Å². The topological polar surface area (TPSA) is 89.8 Å². The van der Waals surface area contributed by atoms with E-state index in [-0.39, 0.29) is 17.0 Å². The van der Waals surface area contributed by atoms with E-state index in [2.05, 4.69) is 0 Å². The van der Waals surface area contributed by atoms with Crippen LogP contribution in [-0.2, 0) is 4.74 Å². The molecule has 1 saturated heterocycles. The van der Waals surface area contributed by atoms with Crippen LogP contribution in [0.2, 0.25) is 0 Å². The summed E-state index contributed by atoms with van der Waals surface area (Å²) < 4.78 is 5.09. The van der Waals surface area contributed by atoms with Crippen LogP contribution in [0.5, 0.6) is 0 Å². The molecule has 142 valence electrons. The Morgan fingerprint density at radius 3 is 2.52 bits per heavy atom. The van der Waals surface area contributed by atoms with Gasteiger partial charge >= 0.3 is 5.97 Å². The number of carbonyl (C=O) groups is 2. The van der Waals surface area contributed by atoms with Crippen molar-refractivity contribution in [2.24, 2.45) is 0 Å². The SMILES string of the molecule is Cc1cc(C(=O)COC(=O)c2ccc(N3CCCC3)c([N+](=O)[O-])c2)c(C)s1. The maximum atomic E-state index is 12.3. The molecule has 2 aromatic rings. The molecule has 1 aromatic carbocycles. The molecule has 1 fully saturated rings. The third-order valence-corrected chi connectivity index (χ3v) is 5.50. The van der Waals surface area contributed by atoms with Crippen molar-refractivity contribution in [1.29, 1.82) is 0 Å². The van der Waals surface area contributed by atoms with Gasteiger partial charge in [-0.15, -0.1) is 11.3 Å². The molecule has 3 rings (SSSR count). The lowest BCUT2D eigenvalue weighted by Gasteiger charge is -2.17. The van der Waals surface area contributed by atoms with E-state index >= 15 is 0 Å². The maximum Gasteiger partial charge on any atom is 0.338 e. The van der Waals surface area contributed by atoms with Crippen molar-refractivity contribution in [1.82, 2.24) is 0 Å². The zero-order valence-electron chi connectivity index (χ0n) is 15.2. The summed E-state index contributed by atoms with van der Waals surface area (Å²) >= 11 is 1.51. The largest absolute Gasteiger partial charge is 0.454 e. The van der Waals surface area contributed by atoms with Crippen LogP contribution < -0.4 is 4.90 Å². The first-order valence-corrected chi connectivity index (χ1v) is 9.49. The first kappa shape index (κ1) is 19.0. The lowest BCUT2D eigenvalue weighted by Crippen LogP contribution is -2.19. The van der Waals surface area contributed by atoms with Crippen molar-refractivity contribution in [3.63, 3.8) is 0 Å². The van der Waals surface area contributed by atoms with Gasteiger partial charge in [0.1, 0.15) is 5.69 Å². The van der Waals surface area contributed by atoms with Crippen molar-refractivity contribution < 1.29 is 19.2 Å². The molecule has 1 aliphatic heterocycles. The van der Waals surface area contributed by atoms with Gasteiger partial charge in [0.25, 0.3) is 5.69 Å². The fourth-order valence-corrected chi connectivity index (χ4v) is 4.16. The minimum absolute atomic E-state index is 0.0654. The number of benzene rings is 1. The number of nitro groups is 1. The smallest absolute Gasteiger partial charge is 0.338 e. The highest BCUT2D eigenvalue weighted by molar-refractivity contribution is 7.12. The number of hydrogen-bond donors (Lipinski definition) is 0. The quantitative estimate of drug-likeness (QED) is 0.322. The number of anilines is 1. The fraction of sp³-hybridized carbons (Fsp3) is 0.368. The van der Waals surface area contributed by atoms with Gasteiger partial charge in [-0.1, -0.05) is 0 Å². The lowest BCUT2D eigenvalue weighted by molar-refractivity contribution is -0.384. The van der Waals surface area contributed by atoms with E-state index in [1.165, 1.54) is 23.5 Å². The summed E-state index contributed by atoms with van der Waals surface area (Å²) in [6.45, 7) is 4.88. The minimum atomic E-state index is -0.746. The Morgan fingerprint density at radius 2 is 1.93 bits per heavy atom. The van der Waals surface area contributed by atoms with Gasteiger partial charge in [0.05, 0.1) is 10.5 Å². The van der Waals surface area contributed by atoms with Crippen molar-refractivity contribution >= 4 is 34.5 Å². The third kappa shape index (κ3) is 4.16. The number of Topliss-reactive ketones (excluding diaryl/α,β-unsaturated/α-hetero) is 1. The molecule has 0 bridgehead atoms. The fourth-order valence-electron chi connectivity index (χ4n) is 3.22. The molecule has 0 atom stereocenters. The van der Waals surface area contributed by atoms with E-state index < -0.39 is 17.5 Å². The Labute approximate surface area is 160 Å². The van der Waals surface area contributed by atoms with Crippen LogP contribution in [0.1, 0.15) is 43.3 Å². The van der Waals surface area contributed by atoms with Crippen LogP contribution in [0.3, 0.4) is 0 Å². The molecule has 7 nitrogen and oxygen atoms in total. The highest BCUT2D eigenvalue weighted by atomic mass is 32.1. The van der Waals surface area contributed by atoms with Gasteiger partial charge in [0.2, 0.25) is 5.78 Å². The molecule has 0 amide bonds. The van der Waals surface area contributed by atoms with Crippen LogP contribution in [0.4, 0.5) is 11.4 Å². The summed E-state index contributed by atoms with van der Waals surface area (Å²) in [6, 6.07) is 6.08.